The minimum atomic E-state index is 0.501. The highest BCUT2D eigenvalue weighted by molar-refractivity contribution is 6.34. The van der Waals surface area contributed by atoms with E-state index >= 15 is 0 Å². The Hall–Kier alpha value is -4.28. The van der Waals surface area contributed by atoms with Crippen molar-refractivity contribution < 1.29 is 0 Å². The summed E-state index contributed by atoms with van der Waals surface area (Å²) in [5, 5.41) is 13.4. The van der Waals surface area contributed by atoms with E-state index in [0.29, 0.717) is 28.3 Å². The van der Waals surface area contributed by atoms with Gasteiger partial charge in [-0.05, 0) is 76.3 Å². The van der Waals surface area contributed by atoms with Gasteiger partial charge in [0, 0.05) is 53.2 Å². The molecule has 7 rings (SSSR count). The number of hydrogen-bond acceptors (Lipinski definition) is 8. The van der Waals surface area contributed by atoms with Crippen LogP contribution in [0.1, 0.15) is 18.7 Å². The summed E-state index contributed by atoms with van der Waals surface area (Å²) in [6.45, 7) is 4.06. The number of aryl methyl sites for hydroxylation is 1. The number of fused-ring (bicyclic) bond motifs is 4. The zero-order valence-electron chi connectivity index (χ0n) is 22.6. The lowest BCUT2D eigenvalue weighted by Gasteiger charge is -2.36. The third-order valence-electron chi connectivity index (χ3n) is 7.78. The highest BCUT2D eigenvalue weighted by atomic mass is 35.5. The molecule has 1 aliphatic rings. The van der Waals surface area contributed by atoms with Gasteiger partial charge < -0.3 is 20.1 Å². The molecular formula is C29H29ClN10. The summed E-state index contributed by atoms with van der Waals surface area (Å²) >= 11 is 6.71. The molecule has 0 atom stereocenters. The molecule has 40 heavy (non-hydrogen) atoms. The number of nitrogens with one attached hydrogen (secondary N) is 2. The van der Waals surface area contributed by atoms with Gasteiger partial charge in [-0.2, -0.15) is 4.98 Å². The van der Waals surface area contributed by atoms with Crippen LogP contribution in [0.2, 0.25) is 5.02 Å². The van der Waals surface area contributed by atoms with E-state index in [1.54, 1.807) is 6.33 Å². The number of nitrogens with zero attached hydrogens (tertiary/aromatic N) is 8. The maximum Gasteiger partial charge on any atom is 0.229 e. The highest BCUT2D eigenvalue weighted by Gasteiger charge is 2.21. The van der Waals surface area contributed by atoms with E-state index < -0.39 is 0 Å². The topological polar surface area (TPSA) is 103 Å². The van der Waals surface area contributed by atoms with Crippen molar-refractivity contribution in [1.82, 2.24) is 39.4 Å². The molecule has 202 valence electrons. The average molecular weight is 553 g/mol. The smallest absolute Gasteiger partial charge is 0.229 e. The summed E-state index contributed by atoms with van der Waals surface area (Å²) in [5.74, 6) is 1.34. The zero-order valence-corrected chi connectivity index (χ0v) is 23.3. The normalized spacial score (nSPS) is 14.7. The van der Waals surface area contributed by atoms with Crippen LogP contribution in [0.3, 0.4) is 0 Å². The first kappa shape index (κ1) is 24.7. The van der Waals surface area contributed by atoms with Crippen LogP contribution in [0.15, 0.2) is 55.0 Å². The van der Waals surface area contributed by atoms with Crippen LogP contribution in [0.5, 0.6) is 0 Å². The summed E-state index contributed by atoms with van der Waals surface area (Å²) < 4.78 is 1.87. The molecular weight excluding hydrogens is 524 g/mol. The van der Waals surface area contributed by atoms with Crippen LogP contribution in [0.4, 0.5) is 17.3 Å². The van der Waals surface area contributed by atoms with Gasteiger partial charge in [-0.25, -0.2) is 9.97 Å². The molecule has 4 aromatic heterocycles. The molecule has 6 aromatic rings. The minimum absolute atomic E-state index is 0.501. The lowest BCUT2D eigenvalue weighted by Crippen LogP contribution is -2.41. The molecule has 0 unspecified atom stereocenters. The minimum Gasteiger partial charge on any atom is -0.371 e. The number of piperidine rings is 1. The molecule has 1 saturated heterocycles. The summed E-state index contributed by atoms with van der Waals surface area (Å²) in [4.78, 5) is 22.0. The Kier molecular flexibility index (Phi) is 6.01. The molecule has 10 nitrogen and oxygen atoms in total. The van der Waals surface area contributed by atoms with Crippen LogP contribution < -0.4 is 10.2 Å². The molecule has 0 bridgehead atoms. The van der Waals surface area contributed by atoms with Gasteiger partial charge in [-0.15, -0.1) is 10.2 Å². The van der Waals surface area contributed by atoms with E-state index in [2.05, 4.69) is 78.6 Å². The summed E-state index contributed by atoms with van der Waals surface area (Å²) in [6, 6.07) is 15.0. The van der Waals surface area contributed by atoms with E-state index in [0.717, 1.165) is 52.1 Å². The van der Waals surface area contributed by atoms with Gasteiger partial charge in [0.1, 0.15) is 12.2 Å². The maximum absolute atomic E-state index is 6.71. The van der Waals surface area contributed by atoms with Gasteiger partial charge in [-0.1, -0.05) is 11.6 Å². The molecule has 0 spiro atoms. The zero-order chi connectivity index (χ0) is 27.4. The number of aromatic amines is 1. The number of rotatable bonds is 5. The van der Waals surface area contributed by atoms with Gasteiger partial charge in [0.05, 0.1) is 16.1 Å². The van der Waals surface area contributed by atoms with Crippen molar-refractivity contribution in [3.05, 3.63) is 65.8 Å². The van der Waals surface area contributed by atoms with E-state index in [4.69, 9.17) is 16.6 Å². The maximum atomic E-state index is 6.71. The number of H-pyrrole nitrogens is 1. The van der Waals surface area contributed by atoms with Gasteiger partial charge in [0.2, 0.25) is 5.95 Å². The Labute approximate surface area is 236 Å². The van der Waals surface area contributed by atoms with Crippen molar-refractivity contribution in [2.75, 3.05) is 37.4 Å². The Morgan fingerprint density at radius 2 is 1.80 bits per heavy atom. The van der Waals surface area contributed by atoms with Gasteiger partial charge in [0.25, 0.3) is 0 Å². The number of hydrogen-bond donors (Lipinski definition) is 2. The quantitative estimate of drug-likeness (QED) is 0.291. The fourth-order valence-corrected chi connectivity index (χ4v) is 5.88. The molecule has 0 radical (unpaired) electrons. The molecule has 2 N–H and O–H groups in total. The number of benzene rings is 2. The number of pyridine rings is 1. The molecule has 2 aromatic carbocycles. The van der Waals surface area contributed by atoms with Crippen molar-refractivity contribution in [2.24, 2.45) is 0 Å². The first-order valence-electron chi connectivity index (χ1n) is 13.4. The number of halogens is 1. The summed E-state index contributed by atoms with van der Waals surface area (Å²) in [7, 11) is 4.33. The molecule has 0 aliphatic carbocycles. The van der Waals surface area contributed by atoms with Crippen molar-refractivity contribution >= 4 is 56.6 Å². The van der Waals surface area contributed by atoms with Gasteiger partial charge in [0.15, 0.2) is 11.3 Å². The third-order valence-corrected chi connectivity index (χ3v) is 8.09. The summed E-state index contributed by atoms with van der Waals surface area (Å²) in [6.07, 6.45) is 5.83. The predicted molar refractivity (Wildman–Crippen MR) is 160 cm³/mol. The second-order valence-electron chi connectivity index (χ2n) is 10.6. The Morgan fingerprint density at radius 3 is 2.58 bits per heavy atom. The lowest BCUT2D eigenvalue weighted by atomic mass is 10.0. The monoisotopic (exact) mass is 552 g/mol. The Balaban J connectivity index is 1.17. The first-order valence-corrected chi connectivity index (χ1v) is 13.7. The van der Waals surface area contributed by atoms with Gasteiger partial charge >= 0.3 is 0 Å². The van der Waals surface area contributed by atoms with Crippen molar-refractivity contribution in [3.63, 3.8) is 0 Å². The van der Waals surface area contributed by atoms with E-state index in [1.807, 2.05) is 35.7 Å². The fourth-order valence-electron chi connectivity index (χ4n) is 5.62. The molecule has 0 saturated carbocycles. The first-order chi connectivity index (χ1) is 19.4. The van der Waals surface area contributed by atoms with E-state index in [1.165, 1.54) is 18.5 Å². The number of aromatic nitrogens is 7. The average Bonchev–Trinajstić information content (AvgIpc) is 3.59. The fraction of sp³-hybridized carbons (Fsp3) is 0.276. The largest absolute Gasteiger partial charge is 0.371 e. The van der Waals surface area contributed by atoms with Crippen molar-refractivity contribution in [2.45, 2.75) is 25.8 Å². The second kappa shape index (κ2) is 9.72. The SMILES string of the molecule is Cc1nc2cc(-c3cc4cnc(Nc5ccc(N6CCC(N(C)C)CC6)cc5)nc4n4cnnc34)c(Cl)cc2[nH]1. The molecule has 1 fully saturated rings. The lowest BCUT2D eigenvalue weighted by molar-refractivity contribution is 0.249. The van der Waals surface area contributed by atoms with Gasteiger partial charge in [-0.3, -0.25) is 4.40 Å². The molecule has 5 heterocycles. The second-order valence-corrected chi connectivity index (χ2v) is 11.0. The molecule has 0 amide bonds. The predicted octanol–water partition coefficient (Wildman–Crippen LogP) is 5.45. The summed E-state index contributed by atoms with van der Waals surface area (Å²) in [5.41, 5.74) is 6.93. The van der Waals surface area contributed by atoms with Crippen LogP contribution in [-0.4, -0.2) is 72.7 Å². The van der Waals surface area contributed by atoms with Crippen LogP contribution in [0.25, 0.3) is 38.8 Å². The van der Waals surface area contributed by atoms with Crippen LogP contribution in [0, 0.1) is 6.92 Å². The number of imidazole rings is 1. The third kappa shape index (κ3) is 4.39. The molecule has 1 aliphatic heterocycles. The van der Waals surface area contributed by atoms with Crippen LogP contribution in [-0.2, 0) is 0 Å². The van der Waals surface area contributed by atoms with E-state index in [9.17, 15) is 0 Å². The Morgan fingerprint density at radius 1 is 1.00 bits per heavy atom. The van der Waals surface area contributed by atoms with Crippen LogP contribution >= 0.6 is 11.6 Å². The Bertz CT molecular complexity index is 1850. The number of anilines is 3. The molecule has 11 heteroatoms. The highest BCUT2D eigenvalue weighted by Crippen LogP contribution is 2.35. The van der Waals surface area contributed by atoms with Crippen molar-refractivity contribution in [3.8, 4) is 11.1 Å². The van der Waals surface area contributed by atoms with Crippen molar-refractivity contribution in [1.29, 1.82) is 0 Å². The standard InChI is InChI=1S/C29H29ClN10/c1-17-33-25-13-22(24(30)14-26(25)34-17)23-12-18-15-31-29(36-27(18)40-16-32-37-28(23)40)35-19-4-6-21(7-5-19)39-10-8-20(9-11-39)38(2)3/h4-7,12-16,20H,8-11H2,1-3H3,(H,33,34)(H,31,35,36). The van der Waals surface area contributed by atoms with E-state index in [-0.39, 0.29) is 0 Å².